The number of carbonyl (C=O) groups is 1. The van der Waals surface area contributed by atoms with Crippen molar-refractivity contribution in [1.82, 2.24) is 29.5 Å². The predicted molar refractivity (Wildman–Crippen MR) is 110 cm³/mol. The van der Waals surface area contributed by atoms with Crippen molar-refractivity contribution in [3.05, 3.63) is 16.3 Å². The summed E-state index contributed by atoms with van der Waals surface area (Å²) in [6.07, 6.45) is 3.56. The number of rotatable bonds is 6. The van der Waals surface area contributed by atoms with Gasteiger partial charge in [0.15, 0.2) is 5.96 Å². The highest BCUT2D eigenvalue weighted by atomic mass is 16.6. The minimum atomic E-state index is -0.248. The van der Waals surface area contributed by atoms with Crippen molar-refractivity contribution < 1.29 is 9.53 Å². The van der Waals surface area contributed by atoms with Gasteiger partial charge in [0.25, 0.3) is 0 Å². The topological polar surface area (TPSA) is 97.0 Å². The molecule has 0 aromatic carbocycles. The molecule has 1 saturated heterocycles. The van der Waals surface area contributed by atoms with E-state index in [4.69, 9.17) is 9.73 Å². The van der Waals surface area contributed by atoms with E-state index in [0.29, 0.717) is 32.8 Å². The Morgan fingerprint density at radius 3 is 2.59 bits per heavy atom. The van der Waals surface area contributed by atoms with Gasteiger partial charge >= 0.3 is 11.8 Å². The smallest absolute Gasteiger partial charge is 0.409 e. The molecule has 162 valence electrons. The normalized spacial score (nSPS) is 17.2. The standard InChI is InChI=1S/C19H33N7O3/c1-3-20-17(23-12-14-24(15-13-23)19(28)29-4-2)21-9-7-11-26-18(27)25-10-6-5-8-16(25)22-26/h3-15H2,1-2H3,(H,20,21). The summed E-state index contributed by atoms with van der Waals surface area (Å²) in [5, 5.41) is 7.80. The molecule has 0 saturated carbocycles. The molecule has 0 bridgehead atoms. The van der Waals surface area contributed by atoms with Crippen LogP contribution in [0.2, 0.25) is 0 Å². The number of aryl methyl sites for hydroxylation is 2. The van der Waals surface area contributed by atoms with Crippen molar-refractivity contribution in [3.8, 4) is 0 Å². The van der Waals surface area contributed by atoms with Crippen LogP contribution in [0.4, 0.5) is 4.79 Å². The highest BCUT2D eigenvalue weighted by Crippen LogP contribution is 2.09. The maximum absolute atomic E-state index is 12.4. The third-order valence-corrected chi connectivity index (χ3v) is 5.26. The number of aromatic nitrogens is 3. The van der Waals surface area contributed by atoms with Gasteiger partial charge < -0.3 is 19.9 Å². The quantitative estimate of drug-likeness (QED) is 0.419. The molecular formula is C19H33N7O3. The van der Waals surface area contributed by atoms with E-state index in [1.807, 2.05) is 13.8 Å². The first kappa shape index (κ1) is 21.2. The Bertz CT molecular complexity index is 762. The molecule has 1 aromatic rings. The SMILES string of the molecule is CCNC(=NCCCn1nc2n(c1=O)CCCC2)N1CCN(C(=O)OCC)CC1. The van der Waals surface area contributed by atoms with E-state index >= 15 is 0 Å². The van der Waals surface area contributed by atoms with Crippen LogP contribution in [0.5, 0.6) is 0 Å². The molecule has 2 aliphatic rings. The van der Waals surface area contributed by atoms with Crippen molar-refractivity contribution in [2.24, 2.45) is 4.99 Å². The second-order valence-corrected chi connectivity index (χ2v) is 7.29. The predicted octanol–water partition coefficient (Wildman–Crippen LogP) is 0.511. The fourth-order valence-corrected chi connectivity index (χ4v) is 3.74. The summed E-state index contributed by atoms with van der Waals surface area (Å²) in [7, 11) is 0. The van der Waals surface area contributed by atoms with Crippen LogP contribution in [0.3, 0.4) is 0 Å². The number of guanidine groups is 1. The van der Waals surface area contributed by atoms with Gasteiger partial charge in [-0.25, -0.2) is 14.3 Å². The molecular weight excluding hydrogens is 374 g/mol. The number of aliphatic imine (C=N–C) groups is 1. The molecule has 3 rings (SSSR count). The van der Waals surface area contributed by atoms with Gasteiger partial charge in [-0.2, -0.15) is 5.10 Å². The number of nitrogens with one attached hydrogen (secondary N) is 1. The zero-order valence-corrected chi connectivity index (χ0v) is 17.6. The van der Waals surface area contributed by atoms with Crippen LogP contribution >= 0.6 is 0 Å². The first-order chi connectivity index (χ1) is 14.1. The molecule has 10 heteroatoms. The van der Waals surface area contributed by atoms with Gasteiger partial charge in [0.2, 0.25) is 0 Å². The van der Waals surface area contributed by atoms with E-state index < -0.39 is 0 Å². The van der Waals surface area contributed by atoms with Crippen LogP contribution in [0.1, 0.15) is 38.9 Å². The number of fused-ring (bicyclic) bond motifs is 1. The molecule has 0 aliphatic carbocycles. The van der Waals surface area contributed by atoms with Crippen molar-refractivity contribution >= 4 is 12.1 Å². The molecule has 10 nitrogen and oxygen atoms in total. The lowest BCUT2D eigenvalue weighted by atomic mass is 10.2. The van der Waals surface area contributed by atoms with E-state index in [1.54, 1.807) is 14.1 Å². The molecule has 0 unspecified atom stereocenters. The highest BCUT2D eigenvalue weighted by Gasteiger charge is 2.23. The Hall–Kier alpha value is -2.52. The summed E-state index contributed by atoms with van der Waals surface area (Å²) in [6.45, 7) is 9.71. The Balaban J connectivity index is 1.50. The first-order valence-electron chi connectivity index (χ1n) is 10.8. The Kier molecular flexibility index (Phi) is 7.54. The Labute approximate surface area is 171 Å². The fraction of sp³-hybridized carbons (Fsp3) is 0.789. The van der Waals surface area contributed by atoms with Crippen molar-refractivity contribution in [1.29, 1.82) is 0 Å². The van der Waals surface area contributed by atoms with Gasteiger partial charge in [0.1, 0.15) is 5.82 Å². The van der Waals surface area contributed by atoms with Gasteiger partial charge in [0, 0.05) is 58.8 Å². The second kappa shape index (κ2) is 10.3. The van der Waals surface area contributed by atoms with Gasteiger partial charge in [-0.1, -0.05) is 0 Å². The van der Waals surface area contributed by atoms with Gasteiger partial charge in [0.05, 0.1) is 6.61 Å². The minimum absolute atomic E-state index is 0.00525. The van der Waals surface area contributed by atoms with Crippen LogP contribution in [0.15, 0.2) is 9.79 Å². The Morgan fingerprint density at radius 2 is 1.90 bits per heavy atom. The fourth-order valence-electron chi connectivity index (χ4n) is 3.74. The lowest BCUT2D eigenvalue weighted by Crippen LogP contribution is -2.53. The average molecular weight is 408 g/mol. The van der Waals surface area contributed by atoms with Crippen molar-refractivity contribution in [2.45, 2.75) is 52.6 Å². The van der Waals surface area contributed by atoms with E-state index in [-0.39, 0.29) is 11.8 Å². The zero-order valence-electron chi connectivity index (χ0n) is 17.6. The van der Waals surface area contributed by atoms with Crippen LogP contribution in [-0.2, 0) is 24.2 Å². The maximum Gasteiger partial charge on any atom is 0.409 e. The summed E-state index contributed by atoms with van der Waals surface area (Å²) in [5.41, 5.74) is 0.00525. The van der Waals surface area contributed by atoms with E-state index in [2.05, 4.69) is 15.3 Å². The second-order valence-electron chi connectivity index (χ2n) is 7.29. The third kappa shape index (κ3) is 5.30. The molecule has 1 amide bonds. The summed E-state index contributed by atoms with van der Waals surface area (Å²) in [6, 6.07) is 0. The van der Waals surface area contributed by atoms with Crippen LogP contribution < -0.4 is 11.0 Å². The summed E-state index contributed by atoms with van der Waals surface area (Å²) >= 11 is 0. The molecule has 1 aromatic heterocycles. The van der Waals surface area contributed by atoms with Crippen LogP contribution in [0, 0.1) is 0 Å². The van der Waals surface area contributed by atoms with Gasteiger partial charge in [-0.05, 0) is 33.1 Å². The van der Waals surface area contributed by atoms with Crippen LogP contribution in [-0.4, -0.2) is 82.1 Å². The molecule has 0 atom stereocenters. The molecule has 1 fully saturated rings. The van der Waals surface area contributed by atoms with E-state index in [1.165, 1.54) is 0 Å². The molecule has 1 N–H and O–H groups in total. The van der Waals surface area contributed by atoms with Crippen LogP contribution in [0.25, 0.3) is 0 Å². The maximum atomic E-state index is 12.4. The minimum Gasteiger partial charge on any atom is -0.450 e. The number of hydrogen-bond acceptors (Lipinski definition) is 5. The zero-order chi connectivity index (χ0) is 20.6. The van der Waals surface area contributed by atoms with E-state index in [0.717, 1.165) is 63.6 Å². The van der Waals surface area contributed by atoms with E-state index in [9.17, 15) is 9.59 Å². The highest BCUT2D eigenvalue weighted by molar-refractivity contribution is 5.80. The van der Waals surface area contributed by atoms with Crippen molar-refractivity contribution in [2.75, 3.05) is 45.9 Å². The van der Waals surface area contributed by atoms with Crippen molar-refractivity contribution in [3.63, 3.8) is 0 Å². The number of piperazine rings is 1. The summed E-state index contributed by atoms with van der Waals surface area (Å²) < 4.78 is 8.46. The lowest BCUT2D eigenvalue weighted by molar-refractivity contribution is 0.0914. The van der Waals surface area contributed by atoms with Gasteiger partial charge in [-0.15, -0.1) is 0 Å². The Morgan fingerprint density at radius 1 is 1.14 bits per heavy atom. The molecule has 0 spiro atoms. The summed E-state index contributed by atoms with van der Waals surface area (Å²) in [5.74, 6) is 1.77. The molecule has 0 radical (unpaired) electrons. The third-order valence-electron chi connectivity index (χ3n) is 5.26. The number of amides is 1. The lowest BCUT2D eigenvalue weighted by Gasteiger charge is -2.35. The average Bonchev–Trinajstić information content (AvgIpc) is 3.06. The van der Waals surface area contributed by atoms with Gasteiger partial charge in [-0.3, -0.25) is 9.56 Å². The molecule has 3 heterocycles. The summed E-state index contributed by atoms with van der Waals surface area (Å²) in [4.78, 5) is 32.9. The first-order valence-corrected chi connectivity index (χ1v) is 10.8. The monoisotopic (exact) mass is 407 g/mol. The number of carbonyl (C=O) groups excluding carboxylic acids is 1. The number of ether oxygens (including phenoxy) is 1. The number of nitrogens with zero attached hydrogens (tertiary/aromatic N) is 6. The largest absolute Gasteiger partial charge is 0.450 e. The molecule has 29 heavy (non-hydrogen) atoms. The molecule has 2 aliphatic heterocycles. The number of hydrogen-bond donors (Lipinski definition) is 1.